The number of aromatic nitrogens is 2. The number of nitrogens with zero attached hydrogens (tertiary/aromatic N) is 2. The fraction of sp³-hybridized carbons (Fsp3) is 0.182. The normalized spacial score (nSPS) is 11.3. The van der Waals surface area contributed by atoms with E-state index >= 15 is 0 Å². The van der Waals surface area contributed by atoms with Crippen molar-refractivity contribution in [2.45, 2.75) is 12.8 Å². The van der Waals surface area contributed by atoms with Crippen LogP contribution in [0.1, 0.15) is 20.8 Å². The Morgan fingerprint density at radius 1 is 1.30 bits per heavy atom. The fourth-order valence-electron chi connectivity index (χ4n) is 1.29. The highest BCUT2D eigenvalue weighted by atomic mass is 32.1. The number of hydroxylamine groups is 1. The Balaban J connectivity index is 1.84. The zero-order valence-electron chi connectivity index (χ0n) is 9.85. The SMILES string of the molecule is O=C(NOCc1ccc(C(F)(F)F)cc1)c1cnns1. The number of rotatable bonds is 4. The molecule has 0 aliphatic carbocycles. The van der Waals surface area contributed by atoms with Gasteiger partial charge in [0.05, 0.1) is 18.4 Å². The minimum absolute atomic E-state index is 0.0455. The van der Waals surface area contributed by atoms with Gasteiger partial charge in [0.25, 0.3) is 5.91 Å². The van der Waals surface area contributed by atoms with Gasteiger partial charge in [0, 0.05) is 0 Å². The van der Waals surface area contributed by atoms with Crippen LogP contribution in [0.15, 0.2) is 30.5 Å². The van der Waals surface area contributed by atoms with Crippen LogP contribution in [0.3, 0.4) is 0 Å². The lowest BCUT2D eigenvalue weighted by Crippen LogP contribution is -2.22. The number of amides is 1. The van der Waals surface area contributed by atoms with E-state index in [1.165, 1.54) is 18.3 Å². The molecule has 2 rings (SSSR count). The molecule has 1 N–H and O–H groups in total. The molecule has 0 radical (unpaired) electrons. The number of halogens is 3. The second kappa shape index (κ2) is 5.97. The molecule has 106 valence electrons. The molecular formula is C11H8F3N3O2S. The Bertz CT molecular complexity index is 570. The second-order valence-electron chi connectivity index (χ2n) is 3.70. The van der Waals surface area contributed by atoms with Gasteiger partial charge < -0.3 is 0 Å². The van der Waals surface area contributed by atoms with Crippen molar-refractivity contribution in [1.29, 1.82) is 0 Å². The summed E-state index contributed by atoms with van der Waals surface area (Å²) >= 11 is 0.904. The summed E-state index contributed by atoms with van der Waals surface area (Å²) in [6.45, 7) is -0.0455. The molecule has 1 heterocycles. The maximum absolute atomic E-state index is 12.3. The topological polar surface area (TPSA) is 64.1 Å². The van der Waals surface area contributed by atoms with Crippen LogP contribution in [0.2, 0.25) is 0 Å². The summed E-state index contributed by atoms with van der Waals surface area (Å²) in [6.07, 6.45) is -3.09. The average Bonchev–Trinajstić information content (AvgIpc) is 2.92. The number of carbonyl (C=O) groups is 1. The molecule has 20 heavy (non-hydrogen) atoms. The van der Waals surface area contributed by atoms with Crippen LogP contribution in [-0.4, -0.2) is 15.5 Å². The highest BCUT2D eigenvalue weighted by molar-refractivity contribution is 7.07. The van der Waals surface area contributed by atoms with Gasteiger partial charge in [0.2, 0.25) is 0 Å². The number of benzene rings is 1. The maximum atomic E-state index is 12.3. The highest BCUT2D eigenvalue weighted by Crippen LogP contribution is 2.29. The summed E-state index contributed by atoms with van der Waals surface area (Å²) in [4.78, 5) is 16.6. The Morgan fingerprint density at radius 3 is 2.55 bits per heavy atom. The molecule has 2 aromatic rings. The van der Waals surface area contributed by atoms with Crippen molar-refractivity contribution in [3.63, 3.8) is 0 Å². The van der Waals surface area contributed by atoms with Gasteiger partial charge in [-0.25, -0.2) is 5.48 Å². The van der Waals surface area contributed by atoms with Crippen LogP contribution in [0.4, 0.5) is 13.2 Å². The largest absolute Gasteiger partial charge is 0.416 e. The van der Waals surface area contributed by atoms with Gasteiger partial charge in [-0.1, -0.05) is 16.6 Å². The predicted molar refractivity (Wildman–Crippen MR) is 63.6 cm³/mol. The molecule has 1 aromatic heterocycles. The van der Waals surface area contributed by atoms with E-state index < -0.39 is 17.6 Å². The molecule has 0 bridgehead atoms. The van der Waals surface area contributed by atoms with E-state index in [0.29, 0.717) is 5.56 Å². The highest BCUT2D eigenvalue weighted by Gasteiger charge is 2.29. The van der Waals surface area contributed by atoms with E-state index in [1.54, 1.807) is 0 Å². The summed E-state index contributed by atoms with van der Waals surface area (Å²) < 4.78 is 40.5. The van der Waals surface area contributed by atoms with Crippen molar-refractivity contribution in [2.24, 2.45) is 0 Å². The number of hydrogen-bond donors (Lipinski definition) is 1. The van der Waals surface area contributed by atoms with Crippen molar-refractivity contribution < 1.29 is 22.8 Å². The summed E-state index contributed by atoms with van der Waals surface area (Å²) in [5.74, 6) is -0.507. The number of carbonyl (C=O) groups excluding carboxylic acids is 1. The molecule has 0 unspecified atom stereocenters. The third kappa shape index (κ3) is 3.75. The van der Waals surface area contributed by atoms with Crippen molar-refractivity contribution in [3.05, 3.63) is 46.5 Å². The monoisotopic (exact) mass is 303 g/mol. The standard InChI is InChI=1S/C11H8F3N3O2S/c12-11(13,14)8-3-1-7(2-4-8)6-19-16-10(18)9-5-15-17-20-9/h1-5H,6H2,(H,16,18). The van der Waals surface area contributed by atoms with Gasteiger partial charge >= 0.3 is 6.18 Å². The van der Waals surface area contributed by atoms with Crippen LogP contribution < -0.4 is 5.48 Å². The zero-order chi connectivity index (χ0) is 14.6. The molecule has 0 aliphatic rings. The fourth-order valence-corrected chi connectivity index (χ4v) is 1.69. The Morgan fingerprint density at radius 2 is 2.00 bits per heavy atom. The van der Waals surface area contributed by atoms with E-state index in [4.69, 9.17) is 4.84 Å². The molecule has 5 nitrogen and oxygen atoms in total. The molecule has 0 aliphatic heterocycles. The van der Waals surface area contributed by atoms with Crippen LogP contribution in [-0.2, 0) is 17.6 Å². The minimum atomic E-state index is -4.37. The molecule has 0 atom stereocenters. The molecule has 1 amide bonds. The molecule has 0 fully saturated rings. The Labute approximate surface area is 115 Å². The molecular weight excluding hydrogens is 295 g/mol. The molecule has 0 spiro atoms. The summed E-state index contributed by atoms with van der Waals surface area (Å²) in [6, 6.07) is 4.47. The molecule has 9 heteroatoms. The quantitative estimate of drug-likeness (QED) is 0.881. The first-order valence-corrected chi connectivity index (χ1v) is 6.10. The van der Waals surface area contributed by atoms with E-state index in [1.807, 2.05) is 0 Å². The average molecular weight is 303 g/mol. The third-order valence-electron chi connectivity index (χ3n) is 2.27. The second-order valence-corrected chi connectivity index (χ2v) is 4.48. The zero-order valence-corrected chi connectivity index (χ0v) is 10.7. The van der Waals surface area contributed by atoms with Crippen molar-refractivity contribution in [3.8, 4) is 0 Å². The third-order valence-corrected chi connectivity index (χ3v) is 2.93. The van der Waals surface area contributed by atoms with E-state index in [0.717, 1.165) is 23.7 Å². The van der Waals surface area contributed by atoms with Gasteiger partial charge in [-0.2, -0.15) is 13.2 Å². The molecule has 1 aromatic carbocycles. The Kier molecular flexibility index (Phi) is 4.30. The lowest BCUT2D eigenvalue weighted by atomic mass is 10.1. The van der Waals surface area contributed by atoms with E-state index in [9.17, 15) is 18.0 Å². The van der Waals surface area contributed by atoms with Gasteiger partial charge in [-0.05, 0) is 29.2 Å². The van der Waals surface area contributed by atoms with Crippen molar-refractivity contribution in [1.82, 2.24) is 15.1 Å². The van der Waals surface area contributed by atoms with Crippen LogP contribution in [0.25, 0.3) is 0 Å². The number of nitrogens with one attached hydrogen (secondary N) is 1. The summed E-state index contributed by atoms with van der Waals surface area (Å²) in [5, 5.41) is 3.49. The van der Waals surface area contributed by atoms with E-state index in [-0.39, 0.29) is 11.5 Å². The Hall–Kier alpha value is -2.00. The van der Waals surface area contributed by atoms with Gasteiger partial charge in [-0.15, -0.1) is 5.10 Å². The summed E-state index contributed by atoms with van der Waals surface area (Å²) in [7, 11) is 0. The first kappa shape index (κ1) is 14.4. The van der Waals surface area contributed by atoms with Gasteiger partial charge in [-0.3, -0.25) is 9.63 Å². The van der Waals surface area contributed by atoms with Crippen LogP contribution >= 0.6 is 11.5 Å². The van der Waals surface area contributed by atoms with Gasteiger partial charge in [0.1, 0.15) is 4.88 Å². The lowest BCUT2D eigenvalue weighted by molar-refractivity contribution is -0.137. The van der Waals surface area contributed by atoms with E-state index in [2.05, 4.69) is 15.1 Å². The minimum Gasteiger partial charge on any atom is -0.269 e. The molecule has 0 saturated carbocycles. The van der Waals surface area contributed by atoms with Crippen LogP contribution in [0.5, 0.6) is 0 Å². The lowest BCUT2D eigenvalue weighted by Gasteiger charge is -2.08. The first-order chi connectivity index (χ1) is 9.47. The number of hydrogen-bond acceptors (Lipinski definition) is 5. The van der Waals surface area contributed by atoms with Crippen molar-refractivity contribution >= 4 is 17.4 Å². The van der Waals surface area contributed by atoms with Gasteiger partial charge in [0.15, 0.2) is 0 Å². The maximum Gasteiger partial charge on any atom is 0.416 e. The number of alkyl halides is 3. The first-order valence-electron chi connectivity index (χ1n) is 5.32. The predicted octanol–water partition coefficient (Wildman–Crippen LogP) is 2.42. The van der Waals surface area contributed by atoms with Crippen LogP contribution in [0, 0.1) is 0 Å². The molecule has 0 saturated heterocycles. The van der Waals surface area contributed by atoms with Crippen molar-refractivity contribution in [2.75, 3.05) is 0 Å². The smallest absolute Gasteiger partial charge is 0.269 e. The summed E-state index contributed by atoms with van der Waals surface area (Å²) in [5.41, 5.74) is 1.91.